The van der Waals surface area contributed by atoms with Crippen LogP contribution in [0.3, 0.4) is 0 Å². The lowest BCUT2D eigenvalue weighted by molar-refractivity contribution is 0.556. The topological polar surface area (TPSA) is 46.2 Å². The molecule has 0 fully saturated rings. The normalized spacial score (nSPS) is 11.7. The molecule has 0 spiro atoms. The minimum atomic E-state index is -3.82. The molecule has 0 bridgehead atoms. The van der Waals surface area contributed by atoms with E-state index < -0.39 is 15.8 Å². The van der Waals surface area contributed by atoms with Crippen LogP contribution in [0, 0.1) is 5.82 Å². The van der Waals surface area contributed by atoms with E-state index in [1.165, 1.54) is 23.5 Å². The number of halogens is 2. The summed E-state index contributed by atoms with van der Waals surface area (Å²) in [4.78, 5) is 0.526. The quantitative estimate of drug-likeness (QED) is 0.921. The van der Waals surface area contributed by atoms with Crippen molar-refractivity contribution in [3.05, 3.63) is 50.9 Å². The van der Waals surface area contributed by atoms with Crippen molar-refractivity contribution in [2.75, 3.05) is 0 Å². The molecular formula is C11H9BrFNO2S2. The Morgan fingerprint density at radius 1 is 1.33 bits per heavy atom. The van der Waals surface area contributed by atoms with Crippen molar-refractivity contribution in [1.82, 2.24) is 4.72 Å². The average molecular weight is 350 g/mol. The van der Waals surface area contributed by atoms with Gasteiger partial charge in [-0.05, 0) is 29.6 Å². The van der Waals surface area contributed by atoms with Crippen LogP contribution in [0.15, 0.2) is 45.1 Å². The monoisotopic (exact) mass is 349 g/mol. The van der Waals surface area contributed by atoms with E-state index in [0.717, 1.165) is 10.9 Å². The lowest BCUT2D eigenvalue weighted by atomic mass is 10.3. The van der Waals surface area contributed by atoms with Crippen LogP contribution in [-0.4, -0.2) is 8.42 Å². The Morgan fingerprint density at radius 2 is 2.11 bits per heavy atom. The molecule has 0 unspecified atom stereocenters. The number of hydrogen-bond donors (Lipinski definition) is 1. The molecule has 0 aliphatic carbocycles. The number of sulfonamides is 1. The molecule has 18 heavy (non-hydrogen) atoms. The second-order valence-electron chi connectivity index (χ2n) is 3.48. The lowest BCUT2D eigenvalue weighted by Crippen LogP contribution is -2.23. The largest absolute Gasteiger partial charge is 0.243 e. The molecular weight excluding hydrogens is 341 g/mol. The maximum Gasteiger partial charge on any atom is 0.243 e. The van der Waals surface area contributed by atoms with E-state index in [1.807, 2.05) is 17.5 Å². The van der Waals surface area contributed by atoms with Crippen molar-refractivity contribution in [2.24, 2.45) is 0 Å². The van der Waals surface area contributed by atoms with Gasteiger partial charge in [0.1, 0.15) is 10.7 Å². The second-order valence-corrected chi connectivity index (χ2v) is 7.16. The predicted molar refractivity (Wildman–Crippen MR) is 72.4 cm³/mol. The fourth-order valence-corrected chi connectivity index (χ4v) is 3.48. The van der Waals surface area contributed by atoms with Gasteiger partial charge in [0.15, 0.2) is 0 Å². The Kier molecular flexibility index (Phi) is 4.16. The first-order valence-corrected chi connectivity index (χ1v) is 8.12. The van der Waals surface area contributed by atoms with Crippen molar-refractivity contribution < 1.29 is 12.8 Å². The third-order valence-electron chi connectivity index (χ3n) is 2.20. The minimum Gasteiger partial charge on any atom is -0.207 e. The van der Waals surface area contributed by atoms with Crippen LogP contribution in [-0.2, 0) is 16.6 Å². The van der Waals surface area contributed by atoms with Crippen LogP contribution in [0.25, 0.3) is 0 Å². The fraction of sp³-hybridized carbons (Fsp3) is 0.0909. The molecule has 3 nitrogen and oxygen atoms in total. The van der Waals surface area contributed by atoms with Crippen molar-refractivity contribution in [1.29, 1.82) is 0 Å². The summed E-state index contributed by atoms with van der Waals surface area (Å²) in [6.45, 7) is 0.162. The van der Waals surface area contributed by atoms with Crippen LogP contribution >= 0.6 is 27.3 Å². The number of rotatable bonds is 4. The van der Waals surface area contributed by atoms with Crippen LogP contribution in [0.1, 0.15) is 4.88 Å². The summed E-state index contributed by atoms with van der Waals surface area (Å²) in [5.41, 5.74) is 0. The number of nitrogens with one attached hydrogen (secondary N) is 1. The Hall–Kier alpha value is -0.760. The summed E-state index contributed by atoms with van der Waals surface area (Å²) in [5, 5.41) is 1.85. The van der Waals surface area contributed by atoms with E-state index in [4.69, 9.17) is 0 Å². The van der Waals surface area contributed by atoms with Gasteiger partial charge < -0.3 is 0 Å². The Balaban J connectivity index is 2.20. The molecule has 1 N–H and O–H groups in total. The highest BCUT2D eigenvalue weighted by atomic mass is 79.9. The van der Waals surface area contributed by atoms with E-state index in [0.29, 0.717) is 4.47 Å². The molecule has 0 saturated carbocycles. The van der Waals surface area contributed by atoms with Gasteiger partial charge in [0.25, 0.3) is 0 Å². The standard InChI is InChI=1S/C11H9BrFNO2S2/c12-8-3-4-11(10(13)6-8)18(15,16)14-7-9-2-1-5-17-9/h1-6,14H,7H2. The highest BCUT2D eigenvalue weighted by Crippen LogP contribution is 2.19. The third-order valence-corrected chi connectivity index (χ3v) is 5.00. The van der Waals surface area contributed by atoms with Gasteiger partial charge in [-0.15, -0.1) is 11.3 Å². The highest BCUT2D eigenvalue weighted by Gasteiger charge is 2.18. The Morgan fingerprint density at radius 3 is 2.72 bits per heavy atom. The van der Waals surface area contributed by atoms with Gasteiger partial charge in [0, 0.05) is 15.9 Å². The molecule has 2 aromatic rings. The molecule has 0 aliphatic rings. The van der Waals surface area contributed by atoms with Crippen molar-refractivity contribution >= 4 is 37.3 Å². The number of thiophene rings is 1. The summed E-state index contributed by atoms with van der Waals surface area (Å²) in [6, 6.07) is 7.48. The van der Waals surface area contributed by atoms with Crippen LogP contribution in [0.4, 0.5) is 4.39 Å². The van der Waals surface area contributed by atoms with Gasteiger partial charge >= 0.3 is 0 Å². The maximum atomic E-state index is 13.6. The summed E-state index contributed by atoms with van der Waals surface area (Å²) < 4.78 is 40.2. The van der Waals surface area contributed by atoms with Crippen molar-refractivity contribution in [3.63, 3.8) is 0 Å². The maximum absolute atomic E-state index is 13.6. The molecule has 0 atom stereocenters. The predicted octanol–water partition coefficient (Wildman–Crippen LogP) is 3.13. The smallest absolute Gasteiger partial charge is 0.207 e. The first-order valence-electron chi connectivity index (χ1n) is 4.96. The van der Waals surface area contributed by atoms with Crippen LogP contribution < -0.4 is 4.72 Å². The van der Waals surface area contributed by atoms with E-state index in [9.17, 15) is 12.8 Å². The molecule has 2 rings (SSSR count). The van der Waals surface area contributed by atoms with E-state index >= 15 is 0 Å². The zero-order chi connectivity index (χ0) is 13.2. The first kappa shape index (κ1) is 13.7. The molecule has 0 saturated heterocycles. The Labute approximate surface area is 117 Å². The zero-order valence-corrected chi connectivity index (χ0v) is 12.3. The Bertz CT molecular complexity index is 641. The van der Waals surface area contributed by atoms with Crippen LogP contribution in [0.2, 0.25) is 0 Å². The molecule has 96 valence electrons. The van der Waals surface area contributed by atoms with Crippen molar-refractivity contribution in [2.45, 2.75) is 11.4 Å². The highest BCUT2D eigenvalue weighted by molar-refractivity contribution is 9.10. The van der Waals surface area contributed by atoms with Gasteiger partial charge in [0.2, 0.25) is 10.0 Å². The molecule has 1 heterocycles. The van der Waals surface area contributed by atoms with Gasteiger partial charge in [-0.3, -0.25) is 0 Å². The summed E-state index contributed by atoms with van der Waals surface area (Å²) in [5.74, 6) is -0.775. The summed E-state index contributed by atoms with van der Waals surface area (Å²) in [6.07, 6.45) is 0. The van der Waals surface area contributed by atoms with E-state index in [1.54, 1.807) is 0 Å². The van der Waals surface area contributed by atoms with Gasteiger partial charge in [-0.2, -0.15) is 0 Å². The fourth-order valence-electron chi connectivity index (χ4n) is 1.35. The summed E-state index contributed by atoms with van der Waals surface area (Å²) >= 11 is 4.52. The molecule has 0 amide bonds. The van der Waals surface area contributed by atoms with Crippen LogP contribution in [0.5, 0.6) is 0 Å². The molecule has 1 aromatic carbocycles. The summed E-state index contributed by atoms with van der Waals surface area (Å²) in [7, 11) is -3.82. The number of hydrogen-bond acceptors (Lipinski definition) is 3. The zero-order valence-electron chi connectivity index (χ0n) is 9.06. The van der Waals surface area contributed by atoms with E-state index in [2.05, 4.69) is 20.7 Å². The molecule has 7 heteroatoms. The lowest BCUT2D eigenvalue weighted by Gasteiger charge is -2.06. The first-order chi connectivity index (χ1) is 8.49. The number of benzene rings is 1. The second kappa shape index (κ2) is 5.48. The molecule has 1 aromatic heterocycles. The van der Waals surface area contributed by atoms with Gasteiger partial charge in [0.05, 0.1) is 0 Å². The van der Waals surface area contributed by atoms with E-state index in [-0.39, 0.29) is 11.4 Å². The van der Waals surface area contributed by atoms with Crippen molar-refractivity contribution in [3.8, 4) is 0 Å². The van der Waals surface area contributed by atoms with Gasteiger partial charge in [-0.25, -0.2) is 17.5 Å². The third kappa shape index (κ3) is 3.17. The SMILES string of the molecule is O=S(=O)(NCc1cccs1)c1ccc(Br)cc1F. The van der Waals surface area contributed by atoms with Gasteiger partial charge in [-0.1, -0.05) is 22.0 Å². The molecule has 0 radical (unpaired) electrons. The minimum absolute atomic E-state index is 0.162. The average Bonchev–Trinajstić information content (AvgIpc) is 2.78. The molecule has 0 aliphatic heterocycles.